The van der Waals surface area contributed by atoms with Crippen LogP contribution in [0.5, 0.6) is 11.5 Å². The van der Waals surface area contributed by atoms with Gasteiger partial charge in [-0.05, 0) is 42.3 Å². The Balaban J connectivity index is 1.92. The van der Waals surface area contributed by atoms with Crippen LogP contribution < -0.4 is 15.2 Å². The largest absolute Gasteiger partial charge is 0.490 e. The zero-order valence-corrected chi connectivity index (χ0v) is 13.4. The summed E-state index contributed by atoms with van der Waals surface area (Å²) in [6.45, 7) is 2.77. The van der Waals surface area contributed by atoms with Crippen molar-refractivity contribution in [3.8, 4) is 17.6 Å². The molecule has 0 heterocycles. The Morgan fingerprint density at radius 1 is 1.17 bits per heavy atom. The standard InChI is InChI=1S/C19H18N2O3/c1-14-5-2-3-8-18(14)24-10-9-23-17-7-4-6-15(12-17)11-16(13-20)19(21)22/h2-8,11-12H,9-10H2,1H3,(H2,21,22). The number of nitrogens with two attached hydrogens (primary N) is 1. The molecule has 0 aliphatic rings. The van der Waals surface area contributed by atoms with Crippen molar-refractivity contribution in [1.82, 2.24) is 0 Å². The van der Waals surface area contributed by atoms with E-state index in [0.29, 0.717) is 24.5 Å². The molecule has 0 fully saturated rings. The number of nitriles is 1. The second-order valence-corrected chi connectivity index (χ2v) is 5.07. The van der Waals surface area contributed by atoms with Crippen molar-refractivity contribution in [1.29, 1.82) is 5.26 Å². The van der Waals surface area contributed by atoms with Crippen LogP contribution in [0.4, 0.5) is 0 Å². The number of hydrogen-bond acceptors (Lipinski definition) is 4. The summed E-state index contributed by atoms with van der Waals surface area (Å²) in [5.41, 5.74) is 6.76. The molecule has 0 aliphatic carbocycles. The molecule has 0 unspecified atom stereocenters. The number of para-hydroxylation sites is 1. The molecule has 1 amide bonds. The minimum atomic E-state index is -0.754. The third kappa shape index (κ3) is 4.89. The van der Waals surface area contributed by atoms with E-state index in [4.69, 9.17) is 20.5 Å². The van der Waals surface area contributed by atoms with Gasteiger partial charge in [-0.3, -0.25) is 4.79 Å². The molecule has 0 atom stereocenters. The molecule has 122 valence electrons. The summed E-state index contributed by atoms with van der Waals surface area (Å²) >= 11 is 0. The van der Waals surface area contributed by atoms with Crippen molar-refractivity contribution < 1.29 is 14.3 Å². The average Bonchev–Trinajstić information content (AvgIpc) is 2.58. The van der Waals surface area contributed by atoms with Crippen LogP contribution in [0, 0.1) is 18.3 Å². The van der Waals surface area contributed by atoms with E-state index in [1.807, 2.05) is 31.2 Å². The van der Waals surface area contributed by atoms with E-state index in [1.165, 1.54) is 6.08 Å². The van der Waals surface area contributed by atoms with Gasteiger partial charge in [-0.1, -0.05) is 30.3 Å². The first-order valence-corrected chi connectivity index (χ1v) is 7.43. The monoisotopic (exact) mass is 322 g/mol. The third-order valence-electron chi connectivity index (χ3n) is 3.26. The highest BCUT2D eigenvalue weighted by Gasteiger charge is 2.04. The Labute approximate surface area is 140 Å². The number of rotatable bonds is 7. The first kappa shape index (κ1) is 17.1. The Kier molecular flexibility index (Phi) is 5.98. The lowest BCUT2D eigenvalue weighted by molar-refractivity contribution is -0.114. The summed E-state index contributed by atoms with van der Waals surface area (Å²) in [4.78, 5) is 11.1. The van der Waals surface area contributed by atoms with E-state index >= 15 is 0 Å². The molecule has 2 rings (SSSR count). The molecule has 2 aromatic carbocycles. The normalized spacial score (nSPS) is 10.8. The minimum Gasteiger partial charge on any atom is -0.490 e. The fourth-order valence-corrected chi connectivity index (χ4v) is 2.05. The molecule has 0 bridgehead atoms. The summed E-state index contributed by atoms with van der Waals surface area (Å²) in [7, 11) is 0. The van der Waals surface area contributed by atoms with Gasteiger partial charge in [-0.25, -0.2) is 0 Å². The topological polar surface area (TPSA) is 85.3 Å². The molecule has 0 radical (unpaired) electrons. The highest BCUT2D eigenvalue weighted by Crippen LogP contribution is 2.17. The van der Waals surface area contributed by atoms with Gasteiger partial charge in [-0.2, -0.15) is 5.26 Å². The Morgan fingerprint density at radius 2 is 1.92 bits per heavy atom. The number of benzene rings is 2. The summed E-state index contributed by atoms with van der Waals surface area (Å²) in [5.74, 6) is 0.701. The Morgan fingerprint density at radius 3 is 2.62 bits per heavy atom. The predicted octanol–water partition coefficient (Wildman–Crippen LogP) is 2.85. The lowest BCUT2D eigenvalue weighted by Crippen LogP contribution is -2.12. The number of nitrogens with zero attached hydrogens (tertiary/aromatic N) is 1. The van der Waals surface area contributed by atoms with Crippen LogP contribution >= 0.6 is 0 Å². The second-order valence-electron chi connectivity index (χ2n) is 5.07. The summed E-state index contributed by atoms with van der Waals surface area (Å²) in [6.07, 6.45) is 1.43. The molecular weight excluding hydrogens is 304 g/mol. The molecule has 0 aliphatic heterocycles. The first-order valence-electron chi connectivity index (χ1n) is 7.43. The minimum absolute atomic E-state index is 0.102. The Bertz CT molecular complexity index is 791. The number of aryl methyl sites for hydroxylation is 1. The molecule has 24 heavy (non-hydrogen) atoms. The van der Waals surface area contributed by atoms with Gasteiger partial charge in [0.05, 0.1) is 0 Å². The molecule has 5 heteroatoms. The molecule has 0 saturated heterocycles. The van der Waals surface area contributed by atoms with E-state index < -0.39 is 5.91 Å². The zero-order chi connectivity index (χ0) is 17.4. The second kappa shape index (κ2) is 8.39. The fourth-order valence-electron chi connectivity index (χ4n) is 2.05. The zero-order valence-electron chi connectivity index (χ0n) is 13.4. The van der Waals surface area contributed by atoms with E-state index in [9.17, 15) is 4.79 Å². The van der Waals surface area contributed by atoms with Crippen LogP contribution in [0.1, 0.15) is 11.1 Å². The molecule has 0 aromatic heterocycles. The van der Waals surface area contributed by atoms with Gasteiger partial charge >= 0.3 is 0 Å². The summed E-state index contributed by atoms with van der Waals surface area (Å²) < 4.78 is 11.3. The number of carbonyl (C=O) groups excluding carboxylic acids is 1. The SMILES string of the molecule is Cc1ccccc1OCCOc1cccc(C=C(C#N)C(N)=O)c1. The van der Waals surface area contributed by atoms with Gasteiger partial charge in [0.15, 0.2) is 0 Å². The van der Waals surface area contributed by atoms with Gasteiger partial charge in [-0.15, -0.1) is 0 Å². The van der Waals surface area contributed by atoms with Crippen molar-refractivity contribution in [2.75, 3.05) is 13.2 Å². The van der Waals surface area contributed by atoms with Crippen LogP contribution in [0.15, 0.2) is 54.1 Å². The van der Waals surface area contributed by atoms with E-state index in [0.717, 1.165) is 11.3 Å². The maximum Gasteiger partial charge on any atom is 0.259 e. The highest BCUT2D eigenvalue weighted by atomic mass is 16.5. The van der Waals surface area contributed by atoms with Gasteiger partial charge < -0.3 is 15.2 Å². The Hall–Kier alpha value is -3.26. The number of ether oxygens (including phenoxy) is 2. The van der Waals surface area contributed by atoms with E-state index in [-0.39, 0.29) is 5.57 Å². The summed E-state index contributed by atoms with van der Waals surface area (Å²) in [6, 6.07) is 16.6. The number of carbonyl (C=O) groups is 1. The predicted molar refractivity (Wildman–Crippen MR) is 91.4 cm³/mol. The number of primary amides is 1. The fraction of sp³-hybridized carbons (Fsp3) is 0.158. The van der Waals surface area contributed by atoms with Crippen LogP contribution in [0.2, 0.25) is 0 Å². The van der Waals surface area contributed by atoms with Gasteiger partial charge in [0.2, 0.25) is 0 Å². The van der Waals surface area contributed by atoms with Crippen molar-refractivity contribution in [3.63, 3.8) is 0 Å². The van der Waals surface area contributed by atoms with Crippen LogP contribution in [-0.2, 0) is 4.79 Å². The van der Waals surface area contributed by atoms with Crippen molar-refractivity contribution in [3.05, 3.63) is 65.2 Å². The molecule has 0 saturated carbocycles. The lowest BCUT2D eigenvalue weighted by Gasteiger charge is -2.10. The van der Waals surface area contributed by atoms with Gasteiger partial charge in [0.25, 0.3) is 5.91 Å². The van der Waals surface area contributed by atoms with E-state index in [1.54, 1.807) is 30.3 Å². The maximum absolute atomic E-state index is 11.1. The van der Waals surface area contributed by atoms with Crippen LogP contribution in [0.25, 0.3) is 6.08 Å². The lowest BCUT2D eigenvalue weighted by atomic mass is 10.1. The van der Waals surface area contributed by atoms with Gasteiger partial charge in [0.1, 0.15) is 36.4 Å². The van der Waals surface area contributed by atoms with Crippen LogP contribution in [-0.4, -0.2) is 19.1 Å². The molecule has 2 N–H and O–H groups in total. The maximum atomic E-state index is 11.1. The number of amides is 1. The van der Waals surface area contributed by atoms with Crippen LogP contribution in [0.3, 0.4) is 0 Å². The van der Waals surface area contributed by atoms with E-state index in [2.05, 4.69) is 0 Å². The highest BCUT2D eigenvalue weighted by molar-refractivity contribution is 6.00. The number of hydrogen-bond donors (Lipinski definition) is 1. The summed E-state index contributed by atoms with van der Waals surface area (Å²) in [5, 5.41) is 8.86. The smallest absolute Gasteiger partial charge is 0.259 e. The molecule has 0 spiro atoms. The van der Waals surface area contributed by atoms with Crippen molar-refractivity contribution >= 4 is 12.0 Å². The van der Waals surface area contributed by atoms with Crippen molar-refractivity contribution in [2.24, 2.45) is 5.73 Å². The third-order valence-corrected chi connectivity index (χ3v) is 3.26. The first-order chi connectivity index (χ1) is 11.6. The average molecular weight is 322 g/mol. The van der Waals surface area contributed by atoms with Gasteiger partial charge in [0, 0.05) is 0 Å². The molecule has 2 aromatic rings. The molecule has 5 nitrogen and oxygen atoms in total. The molecular formula is C19H18N2O3. The van der Waals surface area contributed by atoms with Crippen molar-refractivity contribution in [2.45, 2.75) is 6.92 Å². The quantitative estimate of drug-likeness (QED) is 0.482.